The number of nitrogens with zero attached hydrogens (tertiary/aromatic N) is 1. The third-order valence-electron chi connectivity index (χ3n) is 3.92. The summed E-state index contributed by atoms with van der Waals surface area (Å²) in [4.78, 5) is 9.28. The zero-order valence-electron chi connectivity index (χ0n) is 13.3. The molecule has 1 N–H and O–H groups in total. The van der Waals surface area contributed by atoms with Gasteiger partial charge in [-0.15, -0.1) is 22.7 Å². The van der Waals surface area contributed by atoms with E-state index in [1.807, 2.05) is 22.7 Å². The van der Waals surface area contributed by atoms with Crippen LogP contribution in [0.15, 0.2) is 12.1 Å². The Hall–Kier alpha value is -0.710. The van der Waals surface area contributed by atoms with Crippen LogP contribution in [0.2, 0.25) is 0 Å². The van der Waals surface area contributed by atoms with E-state index in [0.717, 1.165) is 6.54 Å². The maximum absolute atomic E-state index is 4.92. The lowest BCUT2D eigenvalue weighted by Gasteiger charge is -2.17. The largest absolute Gasteiger partial charge is 0.304 e. The highest BCUT2D eigenvalue weighted by Gasteiger charge is 2.25. The molecule has 1 aliphatic rings. The molecule has 1 unspecified atom stereocenters. The Balaban J connectivity index is 1.92. The highest BCUT2D eigenvalue weighted by molar-refractivity contribution is 7.13. The molecule has 0 aliphatic heterocycles. The minimum absolute atomic E-state index is 0.227. The summed E-state index contributed by atoms with van der Waals surface area (Å²) >= 11 is 3.84. The molecule has 0 fully saturated rings. The number of hydrogen-bond donors (Lipinski definition) is 1. The summed E-state index contributed by atoms with van der Waals surface area (Å²) < 4.78 is 0. The van der Waals surface area contributed by atoms with Crippen molar-refractivity contribution in [3.8, 4) is 0 Å². The van der Waals surface area contributed by atoms with Crippen LogP contribution in [-0.2, 0) is 18.3 Å². The first-order valence-electron chi connectivity index (χ1n) is 7.81. The molecule has 0 spiro atoms. The van der Waals surface area contributed by atoms with Crippen LogP contribution in [-0.4, -0.2) is 11.5 Å². The molecule has 21 heavy (non-hydrogen) atoms. The Labute approximate surface area is 135 Å². The second-order valence-corrected chi connectivity index (χ2v) is 8.95. The van der Waals surface area contributed by atoms with E-state index in [9.17, 15) is 0 Å². The van der Waals surface area contributed by atoms with Crippen molar-refractivity contribution in [3.05, 3.63) is 37.5 Å². The van der Waals surface area contributed by atoms with Crippen LogP contribution in [0.25, 0.3) is 0 Å². The Bertz CT molecular complexity index is 598. The van der Waals surface area contributed by atoms with E-state index >= 15 is 0 Å². The molecule has 3 rings (SSSR count). The minimum Gasteiger partial charge on any atom is -0.304 e. The van der Waals surface area contributed by atoms with E-state index in [2.05, 4.69) is 45.1 Å². The number of fused-ring (bicyclic) bond motifs is 1. The Morgan fingerprint density at radius 2 is 2.05 bits per heavy atom. The molecule has 1 atom stereocenters. The SMILES string of the molecule is CCNC(c1ccc(C(C)(C)C)s1)c1nc2c(s1)CCC2. The fourth-order valence-corrected chi connectivity index (χ4v) is 5.23. The maximum atomic E-state index is 4.92. The van der Waals surface area contributed by atoms with Gasteiger partial charge in [-0.05, 0) is 43.4 Å². The zero-order chi connectivity index (χ0) is 15.0. The van der Waals surface area contributed by atoms with Crippen LogP contribution in [0.3, 0.4) is 0 Å². The first-order chi connectivity index (χ1) is 9.99. The predicted octanol–water partition coefficient (Wildman–Crippen LogP) is 4.69. The van der Waals surface area contributed by atoms with Gasteiger partial charge in [-0.1, -0.05) is 27.7 Å². The Morgan fingerprint density at radius 1 is 1.24 bits per heavy atom. The number of hydrogen-bond acceptors (Lipinski definition) is 4. The maximum Gasteiger partial charge on any atom is 0.115 e. The monoisotopic (exact) mass is 320 g/mol. The van der Waals surface area contributed by atoms with Crippen molar-refractivity contribution in [2.75, 3.05) is 6.54 Å². The second kappa shape index (κ2) is 5.82. The van der Waals surface area contributed by atoms with Crippen LogP contribution < -0.4 is 5.32 Å². The number of aryl methyl sites for hydroxylation is 2. The molecule has 2 aromatic rings. The topological polar surface area (TPSA) is 24.9 Å². The van der Waals surface area contributed by atoms with Crippen molar-refractivity contribution in [1.82, 2.24) is 10.3 Å². The van der Waals surface area contributed by atoms with Gasteiger partial charge < -0.3 is 5.32 Å². The van der Waals surface area contributed by atoms with Gasteiger partial charge in [0.15, 0.2) is 0 Å². The third-order valence-corrected chi connectivity index (χ3v) is 6.72. The quantitative estimate of drug-likeness (QED) is 0.884. The van der Waals surface area contributed by atoms with Crippen molar-refractivity contribution >= 4 is 22.7 Å². The van der Waals surface area contributed by atoms with E-state index in [1.54, 1.807) is 0 Å². The molecule has 2 heterocycles. The predicted molar refractivity (Wildman–Crippen MR) is 92.7 cm³/mol. The molecule has 0 radical (unpaired) electrons. The van der Waals surface area contributed by atoms with Crippen LogP contribution in [0.1, 0.15) is 65.5 Å². The molecule has 0 saturated carbocycles. The molecule has 114 valence electrons. The number of thiazole rings is 1. The lowest BCUT2D eigenvalue weighted by molar-refractivity contribution is 0.604. The summed E-state index contributed by atoms with van der Waals surface area (Å²) in [6.45, 7) is 9.98. The van der Waals surface area contributed by atoms with Crippen LogP contribution >= 0.6 is 22.7 Å². The lowest BCUT2D eigenvalue weighted by atomic mass is 9.95. The molecular weight excluding hydrogens is 296 g/mol. The lowest BCUT2D eigenvalue weighted by Crippen LogP contribution is -2.21. The normalized spacial score (nSPS) is 16.2. The van der Waals surface area contributed by atoms with Crippen molar-refractivity contribution < 1.29 is 0 Å². The van der Waals surface area contributed by atoms with Gasteiger partial charge in [-0.25, -0.2) is 4.98 Å². The average Bonchev–Trinajstić information content (AvgIpc) is 3.09. The number of rotatable bonds is 4. The number of nitrogens with one attached hydrogen (secondary N) is 1. The Kier molecular flexibility index (Phi) is 4.21. The number of aromatic nitrogens is 1. The fraction of sp³-hybridized carbons (Fsp3) is 0.588. The molecule has 0 aromatic carbocycles. The van der Waals surface area contributed by atoms with Crippen molar-refractivity contribution in [2.45, 2.75) is 58.4 Å². The summed E-state index contributed by atoms with van der Waals surface area (Å²) in [5.41, 5.74) is 1.58. The van der Waals surface area contributed by atoms with Gasteiger partial charge in [0, 0.05) is 14.6 Å². The van der Waals surface area contributed by atoms with E-state index in [0.29, 0.717) is 0 Å². The molecular formula is C17H24N2S2. The minimum atomic E-state index is 0.227. The third kappa shape index (κ3) is 3.08. The highest BCUT2D eigenvalue weighted by atomic mass is 32.1. The molecule has 0 saturated heterocycles. The molecule has 2 aromatic heterocycles. The van der Waals surface area contributed by atoms with Crippen LogP contribution in [0.5, 0.6) is 0 Å². The van der Waals surface area contributed by atoms with E-state index in [4.69, 9.17) is 4.98 Å². The summed E-state index contributed by atoms with van der Waals surface area (Å²) in [6, 6.07) is 4.84. The van der Waals surface area contributed by atoms with E-state index < -0.39 is 0 Å². The standard InChI is InChI=1S/C17H24N2S2/c1-5-18-15(13-9-10-14(20-13)17(2,3)4)16-19-11-7-6-8-12(11)21-16/h9-10,15,18H,5-8H2,1-4H3. The average molecular weight is 321 g/mol. The van der Waals surface area contributed by atoms with Gasteiger partial charge >= 0.3 is 0 Å². The van der Waals surface area contributed by atoms with Gasteiger partial charge in [0.1, 0.15) is 5.01 Å². The first kappa shape index (κ1) is 15.2. The Morgan fingerprint density at radius 3 is 2.67 bits per heavy atom. The molecule has 1 aliphatic carbocycles. The van der Waals surface area contributed by atoms with Crippen LogP contribution in [0, 0.1) is 0 Å². The van der Waals surface area contributed by atoms with E-state index in [-0.39, 0.29) is 11.5 Å². The van der Waals surface area contributed by atoms with Crippen molar-refractivity contribution in [2.24, 2.45) is 0 Å². The summed E-state index contributed by atoms with van der Waals surface area (Å²) in [7, 11) is 0. The first-order valence-corrected chi connectivity index (χ1v) is 9.44. The molecule has 0 bridgehead atoms. The van der Waals surface area contributed by atoms with Gasteiger partial charge in [0.25, 0.3) is 0 Å². The van der Waals surface area contributed by atoms with Gasteiger partial charge in [-0.3, -0.25) is 0 Å². The van der Waals surface area contributed by atoms with Crippen molar-refractivity contribution in [1.29, 1.82) is 0 Å². The van der Waals surface area contributed by atoms with Gasteiger partial charge in [-0.2, -0.15) is 0 Å². The molecule has 2 nitrogen and oxygen atoms in total. The zero-order valence-corrected chi connectivity index (χ0v) is 15.0. The summed E-state index contributed by atoms with van der Waals surface area (Å²) in [5, 5.41) is 4.88. The van der Waals surface area contributed by atoms with Crippen molar-refractivity contribution in [3.63, 3.8) is 0 Å². The number of thiophene rings is 1. The van der Waals surface area contributed by atoms with E-state index in [1.165, 1.54) is 44.6 Å². The smallest absolute Gasteiger partial charge is 0.115 e. The molecule has 0 amide bonds. The van der Waals surface area contributed by atoms with Gasteiger partial charge in [0.05, 0.1) is 11.7 Å². The summed E-state index contributed by atoms with van der Waals surface area (Å²) in [6.07, 6.45) is 3.68. The summed E-state index contributed by atoms with van der Waals surface area (Å²) in [5.74, 6) is 0. The second-order valence-electron chi connectivity index (χ2n) is 6.72. The van der Waals surface area contributed by atoms with Crippen LogP contribution in [0.4, 0.5) is 0 Å². The fourth-order valence-electron chi connectivity index (χ4n) is 2.76. The van der Waals surface area contributed by atoms with Gasteiger partial charge in [0.2, 0.25) is 0 Å². The molecule has 4 heteroatoms. The highest BCUT2D eigenvalue weighted by Crippen LogP contribution is 2.38.